The third-order valence-electron chi connectivity index (χ3n) is 2.37. The Morgan fingerprint density at radius 2 is 1.77 bits per heavy atom. The number of nitrogens with one attached hydrogen (secondary N) is 1. The summed E-state index contributed by atoms with van der Waals surface area (Å²) in [6, 6.07) is -0.0695. The first-order valence-electron chi connectivity index (χ1n) is 4.67. The second-order valence-electron chi connectivity index (χ2n) is 3.97. The van der Waals surface area contributed by atoms with Crippen LogP contribution in [0.15, 0.2) is 0 Å². The van der Waals surface area contributed by atoms with Crippen LogP contribution in [0.1, 0.15) is 26.7 Å². The summed E-state index contributed by atoms with van der Waals surface area (Å²) in [4.78, 5) is 11.2. The molecule has 2 atom stereocenters. The monoisotopic (exact) mass is 187 g/mol. The van der Waals surface area contributed by atoms with Crippen molar-refractivity contribution in [2.75, 3.05) is 0 Å². The first-order valence-corrected chi connectivity index (χ1v) is 4.67. The summed E-state index contributed by atoms with van der Waals surface area (Å²) in [5.74, 6) is -0.0683. The van der Waals surface area contributed by atoms with Crippen LogP contribution >= 0.6 is 0 Å². The third kappa shape index (κ3) is 2.67. The molecule has 3 N–H and O–H groups in total. The Hall–Kier alpha value is -0.610. The fraction of sp³-hybridized carbons (Fsp3) is 0.889. The number of carbonyl (C=O) groups is 1. The molecule has 2 unspecified atom stereocenters. The van der Waals surface area contributed by atoms with Gasteiger partial charge < -0.3 is 15.5 Å². The molecule has 4 heteroatoms. The highest BCUT2D eigenvalue weighted by Crippen LogP contribution is 2.19. The van der Waals surface area contributed by atoms with Gasteiger partial charge in [0.2, 0.25) is 5.91 Å². The average molecular weight is 187 g/mol. The fourth-order valence-corrected chi connectivity index (χ4v) is 1.48. The van der Waals surface area contributed by atoms with Crippen molar-refractivity contribution in [2.45, 2.75) is 44.9 Å². The predicted molar refractivity (Wildman–Crippen MR) is 48.0 cm³/mol. The lowest BCUT2D eigenvalue weighted by Crippen LogP contribution is -2.36. The van der Waals surface area contributed by atoms with Gasteiger partial charge in [-0.2, -0.15) is 0 Å². The zero-order valence-electron chi connectivity index (χ0n) is 8.03. The van der Waals surface area contributed by atoms with Crippen molar-refractivity contribution in [1.82, 2.24) is 5.32 Å². The van der Waals surface area contributed by atoms with Gasteiger partial charge in [0.05, 0.1) is 12.2 Å². The number of rotatable bonds is 2. The molecule has 0 aromatic rings. The summed E-state index contributed by atoms with van der Waals surface area (Å²) >= 11 is 0. The molecule has 0 radical (unpaired) electrons. The number of carbonyl (C=O) groups excluding carboxylic acids is 1. The number of hydrogen-bond donors (Lipinski definition) is 3. The van der Waals surface area contributed by atoms with Crippen LogP contribution in [0.3, 0.4) is 0 Å². The zero-order valence-corrected chi connectivity index (χ0v) is 8.03. The molecule has 0 saturated heterocycles. The highest BCUT2D eigenvalue weighted by atomic mass is 16.3. The third-order valence-corrected chi connectivity index (χ3v) is 2.37. The standard InChI is InChI=1S/C9H17NO3/c1-5(2)9(13)10-6-3-7(11)8(12)4-6/h5-8,11-12H,3-4H2,1-2H3,(H,10,13). The number of amides is 1. The molecular formula is C9H17NO3. The summed E-state index contributed by atoms with van der Waals surface area (Å²) in [7, 11) is 0. The Labute approximate surface area is 78.0 Å². The molecule has 0 heterocycles. The molecule has 0 spiro atoms. The minimum Gasteiger partial charge on any atom is -0.390 e. The zero-order chi connectivity index (χ0) is 10.0. The van der Waals surface area contributed by atoms with Gasteiger partial charge in [0.15, 0.2) is 0 Å². The maximum atomic E-state index is 11.2. The number of hydrogen-bond acceptors (Lipinski definition) is 3. The highest BCUT2D eigenvalue weighted by Gasteiger charge is 2.32. The van der Waals surface area contributed by atoms with Gasteiger partial charge in [0.25, 0.3) is 0 Å². The second kappa shape index (κ2) is 4.07. The topological polar surface area (TPSA) is 69.6 Å². The van der Waals surface area contributed by atoms with Gasteiger partial charge in [-0.25, -0.2) is 0 Å². The molecular weight excluding hydrogens is 170 g/mol. The fourth-order valence-electron chi connectivity index (χ4n) is 1.48. The van der Waals surface area contributed by atoms with Gasteiger partial charge in [-0.15, -0.1) is 0 Å². The quantitative estimate of drug-likeness (QED) is 0.553. The normalized spacial score (nSPS) is 33.8. The lowest BCUT2D eigenvalue weighted by atomic mass is 10.1. The van der Waals surface area contributed by atoms with Crippen LogP contribution in [-0.4, -0.2) is 34.4 Å². The summed E-state index contributed by atoms with van der Waals surface area (Å²) in [6.07, 6.45) is -0.450. The maximum Gasteiger partial charge on any atom is 0.222 e. The molecule has 0 aromatic carbocycles. The van der Waals surface area contributed by atoms with Gasteiger partial charge in [-0.05, 0) is 12.8 Å². The Morgan fingerprint density at radius 1 is 1.31 bits per heavy atom. The second-order valence-corrected chi connectivity index (χ2v) is 3.97. The van der Waals surface area contributed by atoms with Crippen molar-refractivity contribution in [3.63, 3.8) is 0 Å². The van der Waals surface area contributed by atoms with Crippen molar-refractivity contribution in [3.05, 3.63) is 0 Å². The summed E-state index contributed by atoms with van der Waals surface area (Å²) in [6.45, 7) is 3.63. The molecule has 1 saturated carbocycles. The van der Waals surface area contributed by atoms with Crippen LogP contribution < -0.4 is 5.32 Å². The van der Waals surface area contributed by atoms with Crippen molar-refractivity contribution >= 4 is 5.91 Å². The van der Waals surface area contributed by atoms with Crippen LogP contribution in [0.4, 0.5) is 0 Å². The van der Waals surface area contributed by atoms with E-state index in [2.05, 4.69) is 5.32 Å². The van der Waals surface area contributed by atoms with Gasteiger partial charge >= 0.3 is 0 Å². The maximum absolute atomic E-state index is 11.2. The van der Waals surface area contributed by atoms with E-state index < -0.39 is 12.2 Å². The van der Waals surface area contributed by atoms with Gasteiger partial charge in [-0.3, -0.25) is 4.79 Å². The Kier molecular flexibility index (Phi) is 3.27. The van der Waals surface area contributed by atoms with Crippen molar-refractivity contribution in [3.8, 4) is 0 Å². The molecule has 0 bridgehead atoms. The van der Waals surface area contributed by atoms with Gasteiger partial charge in [0.1, 0.15) is 0 Å². The van der Waals surface area contributed by atoms with Crippen LogP contribution in [-0.2, 0) is 4.79 Å². The molecule has 0 aromatic heterocycles. The summed E-state index contributed by atoms with van der Waals surface area (Å²) in [5, 5.41) is 21.2. The van der Waals surface area contributed by atoms with Crippen molar-refractivity contribution in [1.29, 1.82) is 0 Å². The molecule has 1 aliphatic rings. The van der Waals surface area contributed by atoms with Crippen molar-refractivity contribution < 1.29 is 15.0 Å². The first-order chi connectivity index (χ1) is 6.00. The Bertz CT molecular complexity index is 183. The number of aliphatic hydroxyl groups is 2. The van der Waals surface area contributed by atoms with Crippen LogP contribution in [0.2, 0.25) is 0 Å². The van der Waals surface area contributed by atoms with E-state index in [1.807, 2.05) is 13.8 Å². The SMILES string of the molecule is CC(C)C(=O)NC1CC(O)C(O)C1. The molecule has 13 heavy (non-hydrogen) atoms. The van der Waals surface area contributed by atoms with E-state index in [0.717, 1.165) is 0 Å². The van der Waals surface area contributed by atoms with E-state index >= 15 is 0 Å². The van der Waals surface area contributed by atoms with E-state index in [-0.39, 0.29) is 17.9 Å². The lowest BCUT2D eigenvalue weighted by Gasteiger charge is -2.13. The van der Waals surface area contributed by atoms with Crippen LogP contribution in [0.5, 0.6) is 0 Å². The lowest BCUT2D eigenvalue weighted by molar-refractivity contribution is -0.124. The molecule has 1 amide bonds. The highest BCUT2D eigenvalue weighted by molar-refractivity contribution is 5.78. The average Bonchev–Trinajstić information content (AvgIpc) is 2.31. The van der Waals surface area contributed by atoms with Gasteiger partial charge in [0, 0.05) is 12.0 Å². The predicted octanol–water partition coefficient (Wildman–Crippen LogP) is -0.357. The largest absolute Gasteiger partial charge is 0.390 e. The Balaban J connectivity index is 2.36. The smallest absolute Gasteiger partial charge is 0.222 e. The Morgan fingerprint density at radius 3 is 2.15 bits per heavy atom. The molecule has 1 aliphatic carbocycles. The van der Waals surface area contributed by atoms with E-state index in [4.69, 9.17) is 0 Å². The van der Waals surface area contributed by atoms with E-state index in [1.54, 1.807) is 0 Å². The van der Waals surface area contributed by atoms with Crippen LogP contribution in [0, 0.1) is 5.92 Å². The number of aliphatic hydroxyl groups excluding tert-OH is 2. The van der Waals surface area contributed by atoms with E-state index in [0.29, 0.717) is 12.8 Å². The van der Waals surface area contributed by atoms with E-state index in [9.17, 15) is 15.0 Å². The molecule has 76 valence electrons. The minimum absolute atomic E-state index is 0.0219. The molecule has 1 fully saturated rings. The van der Waals surface area contributed by atoms with E-state index in [1.165, 1.54) is 0 Å². The molecule has 4 nitrogen and oxygen atoms in total. The summed E-state index contributed by atoms with van der Waals surface area (Å²) in [5.41, 5.74) is 0. The van der Waals surface area contributed by atoms with Gasteiger partial charge in [-0.1, -0.05) is 13.8 Å². The first kappa shape index (κ1) is 10.5. The molecule has 1 rings (SSSR count). The van der Waals surface area contributed by atoms with Crippen molar-refractivity contribution in [2.24, 2.45) is 5.92 Å². The van der Waals surface area contributed by atoms with Crippen LogP contribution in [0.25, 0.3) is 0 Å². The minimum atomic E-state index is -0.683. The summed E-state index contributed by atoms with van der Waals surface area (Å²) < 4.78 is 0. The molecule has 0 aliphatic heterocycles.